The summed E-state index contributed by atoms with van der Waals surface area (Å²) in [5.41, 5.74) is 27.5. The Bertz CT molecular complexity index is 5040. The summed E-state index contributed by atoms with van der Waals surface area (Å²) >= 11 is 0. The maximum atomic E-state index is 5.89. The van der Waals surface area contributed by atoms with Gasteiger partial charge in [-0.2, -0.15) is 0 Å². The summed E-state index contributed by atoms with van der Waals surface area (Å²) in [6.07, 6.45) is 18.1. The lowest BCUT2D eigenvalue weighted by molar-refractivity contribution is -0.131. The first kappa shape index (κ1) is 104. The van der Waals surface area contributed by atoms with E-state index in [9.17, 15) is 0 Å². The molecule has 10 aromatic rings. The molecule has 6 unspecified atom stereocenters. The highest BCUT2D eigenvalue weighted by atomic mass is 16.5. The Kier molecular flexibility index (Phi) is 41.1. The number of nitrogens with zero attached hydrogens (tertiary/aromatic N) is 7. The molecule has 736 valence electrons. The fourth-order valence-electron chi connectivity index (χ4n) is 21.6. The Balaban J connectivity index is 0.000000128. The molecule has 137 heavy (non-hydrogen) atoms. The number of ether oxygens (including phenoxy) is 5. The van der Waals surface area contributed by atoms with Crippen LogP contribution in [-0.2, 0) is 142 Å². The molecule has 10 heterocycles. The van der Waals surface area contributed by atoms with Gasteiger partial charge in [0.1, 0.15) is 12.4 Å². The molecule has 0 amide bonds. The minimum Gasteiger partial charge on any atom is -0.492 e. The number of fused-ring (bicyclic) bond motifs is 9. The van der Waals surface area contributed by atoms with Gasteiger partial charge in [0.25, 0.3) is 0 Å². The van der Waals surface area contributed by atoms with Crippen LogP contribution in [-0.4, -0.2) is 156 Å². The monoisotopic (exact) mass is 1850 g/mol. The lowest BCUT2D eigenvalue weighted by Gasteiger charge is -2.52. The number of para-hydroxylation sites is 1. The first-order valence-corrected chi connectivity index (χ1v) is 53.4. The summed E-state index contributed by atoms with van der Waals surface area (Å²) < 4.78 is 28.4. The largest absolute Gasteiger partial charge is 0.492 e. The minimum absolute atomic E-state index is 0.499. The molecule has 0 N–H and O–H groups in total. The van der Waals surface area contributed by atoms with Crippen molar-refractivity contribution in [1.29, 1.82) is 0 Å². The molecule has 10 aliphatic rings. The Morgan fingerprint density at radius 1 is 0.248 bits per heavy atom. The predicted molar refractivity (Wildman–Crippen MR) is 570 cm³/mol. The summed E-state index contributed by atoms with van der Waals surface area (Å²) in [4.78, 5) is 17.8. The van der Waals surface area contributed by atoms with E-state index in [1.54, 1.807) is 0 Å². The van der Waals surface area contributed by atoms with Crippen LogP contribution in [0.15, 0.2) is 243 Å². The zero-order valence-electron chi connectivity index (χ0n) is 86.6. The van der Waals surface area contributed by atoms with Crippen LogP contribution in [0.5, 0.6) is 5.75 Å². The number of morpholine rings is 3. The maximum Gasteiger partial charge on any atom is 0.123 e. The third-order valence-electron chi connectivity index (χ3n) is 28.5. The molecule has 7 saturated heterocycles. The average Bonchev–Trinajstić information content (AvgIpc) is 1.78. The minimum atomic E-state index is 0.499. The maximum absolute atomic E-state index is 5.89. The molecule has 0 aliphatic carbocycles. The Morgan fingerprint density at radius 2 is 0.540 bits per heavy atom. The average molecular weight is 1850 g/mol. The van der Waals surface area contributed by atoms with E-state index in [2.05, 4.69) is 368 Å². The molecule has 0 aromatic heterocycles. The highest BCUT2D eigenvalue weighted by Gasteiger charge is 2.42. The second-order valence-corrected chi connectivity index (χ2v) is 44.5. The van der Waals surface area contributed by atoms with Gasteiger partial charge in [-0.05, 0) is 238 Å². The van der Waals surface area contributed by atoms with Crippen molar-refractivity contribution in [3.63, 3.8) is 0 Å². The number of rotatable bonds is 28. The van der Waals surface area contributed by atoms with Gasteiger partial charge in [-0.1, -0.05) is 334 Å². The van der Waals surface area contributed by atoms with Crippen LogP contribution in [0.25, 0.3) is 0 Å². The van der Waals surface area contributed by atoms with Gasteiger partial charge in [0.15, 0.2) is 0 Å². The molecule has 12 heteroatoms. The molecule has 10 aromatic carbocycles. The number of likely N-dealkylation sites (tertiary alicyclic amines) is 1. The van der Waals surface area contributed by atoms with Crippen LogP contribution in [0, 0.1) is 41.4 Å². The van der Waals surface area contributed by atoms with Crippen molar-refractivity contribution in [1.82, 2.24) is 34.3 Å². The van der Waals surface area contributed by atoms with Crippen LogP contribution >= 0.6 is 0 Å². The van der Waals surface area contributed by atoms with E-state index in [0.717, 1.165) is 205 Å². The van der Waals surface area contributed by atoms with Gasteiger partial charge in [-0.3, -0.25) is 34.3 Å². The van der Waals surface area contributed by atoms with Gasteiger partial charge < -0.3 is 23.7 Å². The van der Waals surface area contributed by atoms with E-state index in [-0.39, 0.29) is 0 Å². The van der Waals surface area contributed by atoms with E-state index in [0.29, 0.717) is 42.3 Å². The van der Waals surface area contributed by atoms with E-state index in [4.69, 9.17) is 23.7 Å². The van der Waals surface area contributed by atoms with Gasteiger partial charge in [-0.15, -0.1) is 0 Å². The van der Waals surface area contributed by atoms with Gasteiger partial charge in [0, 0.05) is 148 Å². The molecule has 0 saturated carbocycles. The lowest BCUT2D eigenvalue weighted by atomic mass is 9.90. The third-order valence-corrected chi connectivity index (χ3v) is 28.5. The van der Waals surface area contributed by atoms with Gasteiger partial charge >= 0.3 is 0 Å². The summed E-state index contributed by atoms with van der Waals surface area (Å²) in [5.74, 6) is 6.16. The van der Waals surface area contributed by atoms with E-state index in [1.165, 1.54) is 189 Å². The van der Waals surface area contributed by atoms with Crippen molar-refractivity contribution in [2.24, 2.45) is 41.4 Å². The van der Waals surface area contributed by atoms with Crippen LogP contribution in [0.3, 0.4) is 0 Å². The standard InChI is InChI=1S/C20H25NO.C20H25N.C19H23N.2C17H25NO.C16H23NO.C16H25NO/c1-16(2)13-17-7-9-18(10-8-17)14-21-11-12-22-20-6-4-3-5-19(20)15-21;1-16(2)13-17-7-9-18(10-8-17)14-21-12-11-19-5-3-4-6-20(19)15-21;1-15(2)11-16-7-9-17(10-8-16)12-20-13-18-5-3-4-6-19(18)14-20;1-13(2)9-14-3-5-15(6-4-14)10-18-16-7-8-17(18)12-19-11-16;1-13(2)9-14-3-5-15(6-4-14)10-18-11-16-7-8-17(12-18)19-16;1-12(2)7-13-3-5-14(6-4-13)9-17-15-8-16(17)11-18-10-15;1-14(2)12-15-4-6-16(7-5-15)13-17-8-3-10-18-11-9-17/h3-10,16H,11-15H2,1-2H3;3-10,16H,11-15H2,1-2H3;3-10,15H,11-14H2,1-2H3;2*3-6,13,16-17H,7-12H2,1-2H3;3-6,12,15-16H,7-11H2,1-2H3;4-7,14H,3,8-13H2,1-2H3. The van der Waals surface area contributed by atoms with Crippen LogP contribution < -0.4 is 4.74 Å². The van der Waals surface area contributed by atoms with Crippen molar-refractivity contribution < 1.29 is 23.7 Å². The van der Waals surface area contributed by atoms with Gasteiger partial charge in [-0.25, -0.2) is 0 Å². The van der Waals surface area contributed by atoms with Crippen LogP contribution in [0.2, 0.25) is 0 Å². The zero-order valence-corrected chi connectivity index (χ0v) is 86.6. The summed E-state index contributed by atoms with van der Waals surface area (Å²) in [6, 6.07) is 92.9. The van der Waals surface area contributed by atoms with E-state index >= 15 is 0 Å². The molecule has 6 bridgehead atoms. The van der Waals surface area contributed by atoms with Crippen molar-refractivity contribution in [3.05, 3.63) is 348 Å². The first-order valence-electron chi connectivity index (χ1n) is 53.4. The molecular formula is C125H171N7O5. The summed E-state index contributed by atoms with van der Waals surface area (Å²) in [5, 5.41) is 0. The van der Waals surface area contributed by atoms with Crippen LogP contribution in [0.1, 0.15) is 241 Å². The smallest absolute Gasteiger partial charge is 0.123 e. The molecule has 7 fully saturated rings. The first-order chi connectivity index (χ1) is 66.5. The third kappa shape index (κ3) is 34.8. The molecule has 0 radical (unpaired) electrons. The SMILES string of the molecule is CC(C)Cc1ccc(CN2C3CCC2COC3)cc1.CC(C)Cc1ccc(CN2C3COCC2C3)cc1.CC(C)Cc1ccc(CN2CC3CCC(C2)O3)cc1.CC(C)Cc1ccc(CN2CCCOCC2)cc1.CC(C)Cc1ccc(CN2CCOc3ccccc3C2)cc1.CC(C)Cc1ccc(CN2CCc3ccccc3C2)cc1.CC(C)Cc1ccc(CN2Cc3ccccc3C2)cc1. The second-order valence-electron chi connectivity index (χ2n) is 44.5. The molecular weight excluding hydrogens is 1680 g/mol. The predicted octanol–water partition coefficient (Wildman–Crippen LogP) is 25.6. The Labute approximate surface area is 829 Å². The summed E-state index contributed by atoms with van der Waals surface area (Å²) in [6.45, 7) is 56.4. The van der Waals surface area contributed by atoms with Crippen LogP contribution in [0.4, 0.5) is 0 Å². The van der Waals surface area contributed by atoms with Crippen molar-refractivity contribution in [2.45, 2.75) is 295 Å². The fraction of sp³-hybridized carbons (Fsp3) is 0.520. The molecule has 12 nitrogen and oxygen atoms in total. The van der Waals surface area contributed by atoms with E-state index < -0.39 is 0 Å². The quantitative estimate of drug-likeness (QED) is 0.0469. The van der Waals surface area contributed by atoms with Crippen molar-refractivity contribution in [3.8, 4) is 5.75 Å². The fourth-order valence-corrected chi connectivity index (χ4v) is 21.6. The van der Waals surface area contributed by atoms with E-state index in [1.807, 2.05) is 6.07 Å². The van der Waals surface area contributed by atoms with Gasteiger partial charge in [0.05, 0.1) is 45.2 Å². The molecule has 0 spiro atoms. The van der Waals surface area contributed by atoms with Crippen molar-refractivity contribution in [2.75, 3.05) is 85.5 Å². The molecule has 10 aliphatic heterocycles. The Hall–Kier alpha value is -8.44. The highest BCUT2D eigenvalue weighted by Crippen LogP contribution is 2.35. The number of hydrogen-bond acceptors (Lipinski definition) is 12. The zero-order chi connectivity index (χ0) is 95.8. The molecule has 20 rings (SSSR count). The topological polar surface area (TPSA) is 68.8 Å². The molecule has 6 atom stereocenters. The highest BCUT2D eigenvalue weighted by molar-refractivity contribution is 5.37. The van der Waals surface area contributed by atoms with Gasteiger partial charge in [0.2, 0.25) is 0 Å². The normalized spacial score (nSPS) is 20.4. The summed E-state index contributed by atoms with van der Waals surface area (Å²) in [7, 11) is 0. The second kappa shape index (κ2) is 54.0. The number of benzene rings is 10. The lowest BCUT2D eigenvalue weighted by Crippen LogP contribution is -2.62. The number of hydrogen-bond donors (Lipinski definition) is 0. The van der Waals surface area contributed by atoms with Crippen molar-refractivity contribution >= 4 is 0 Å². The Morgan fingerprint density at radius 3 is 0.927 bits per heavy atom.